The highest BCUT2D eigenvalue weighted by atomic mass is 32.2. The van der Waals surface area contributed by atoms with E-state index in [-0.39, 0.29) is 11.5 Å². The molecule has 2 rings (SSSR count). The van der Waals surface area contributed by atoms with Gasteiger partial charge in [-0.15, -0.1) is 11.3 Å². The number of unbranched alkanes of at least 4 members (excludes halogenated alkanes) is 1. The number of benzene rings is 1. The molecule has 2 N–H and O–H groups in total. The Morgan fingerprint density at radius 1 is 1.19 bits per heavy atom. The number of thiophene rings is 1. The largest absolute Gasteiger partial charge is 0.391 e. The third-order valence-corrected chi connectivity index (χ3v) is 5.66. The number of hydrogen-bond donors (Lipinski definition) is 2. The highest BCUT2D eigenvalue weighted by Crippen LogP contribution is 2.24. The van der Waals surface area contributed by atoms with Crippen molar-refractivity contribution < 1.29 is 13.5 Å². The molecule has 1 aromatic heterocycles. The Balaban J connectivity index is 2.13. The first kappa shape index (κ1) is 16.0. The molecule has 4 nitrogen and oxygen atoms in total. The van der Waals surface area contributed by atoms with E-state index in [2.05, 4.69) is 11.6 Å². The molecule has 1 aromatic carbocycles. The maximum atomic E-state index is 12.3. The summed E-state index contributed by atoms with van der Waals surface area (Å²) in [7, 11) is -3.64. The summed E-state index contributed by atoms with van der Waals surface area (Å²) in [5.74, 6) is 0. The van der Waals surface area contributed by atoms with Gasteiger partial charge in [-0.1, -0.05) is 25.5 Å². The van der Waals surface area contributed by atoms with Crippen LogP contribution >= 0.6 is 11.3 Å². The van der Waals surface area contributed by atoms with Crippen LogP contribution in [0.4, 0.5) is 5.69 Å². The van der Waals surface area contributed by atoms with Crippen LogP contribution in [0.3, 0.4) is 0 Å². The third kappa shape index (κ3) is 4.06. The summed E-state index contributed by atoms with van der Waals surface area (Å²) in [6, 6.07) is 8.93. The standard InChI is InChI=1S/C15H19NO3S2/c1-2-3-4-12-5-7-13(8-6-12)16-21(18,19)15-9-10-20-14(15)11-17/h5-10,16-17H,2-4,11H2,1H3. The maximum absolute atomic E-state index is 12.3. The van der Waals surface area contributed by atoms with Crippen molar-refractivity contribution in [2.45, 2.75) is 37.7 Å². The van der Waals surface area contributed by atoms with E-state index < -0.39 is 10.0 Å². The lowest BCUT2D eigenvalue weighted by Gasteiger charge is -2.09. The quantitative estimate of drug-likeness (QED) is 0.820. The van der Waals surface area contributed by atoms with Gasteiger partial charge in [0, 0.05) is 5.69 Å². The van der Waals surface area contributed by atoms with Crippen LogP contribution in [0.5, 0.6) is 0 Å². The number of aliphatic hydroxyl groups excluding tert-OH is 1. The van der Waals surface area contributed by atoms with E-state index in [1.807, 2.05) is 12.1 Å². The van der Waals surface area contributed by atoms with Crippen molar-refractivity contribution in [3.05, 3.63) is 46.2 Å². The number of hydrogen-bond acceptors (Lipinski definition) is 4. The molecule has 0 saturated carbocycles. The molecule has 0 unspecified atom stereocenters. The van der Waals surface area contributed by atoms with Crippen molar-refractivity contribution in [1.29, 1.82) is 0 Å². The first-order chi connectivity index (χ1) is 10.1. The molecule has 0 aliphatic carbocycles. The number of sulfonamides is 1. The van der Waals surface area contributed by atoms with Gasteiger partial charge >= 0.3 is 0 Å². The first-order valence-electron chi connectivity index (χ1n) is 6.86. The topological polar surface area (TPSA) is 66.4 Å². The van der Waals surface area contributed by atoms with E-state index in [1.165, 1.54) is 23.0 Å². The molecular formula is C15H19NO3S2. The van der Waals surface area contributed by atoms with Gasteiger partial charge in [-0.2, -0.15) is 0 Å². The number of rotatable bonds is 7. The maximum Gasteiger partial charge on any atom is 0.263 e. The van der Waals surface area contributed by atoms with Crippen LogP contribution in [0.1, 0.15) is 30.2 Å². The molecule has 6 heteroatoms. The lowest BCUT2D eigenvalue weighted by Crippen LogP contribution is -2.13. The van der Waals surface area contributed by atoms with Crippen molar-refractivity contribution in [2.24, 2.45) is 0 Å². The molecule has 2 aromatic rings. The molecule has 0 aliphatic rings. The van der Waals surface area contributed by atoms with Crippen LogP contribution in [-0.2, 0) is 23.1 Å². The van der Waals surface area contributed by atoms with E-state index in [0.717, 1.165) is 19.3 Å². The second kappa shape index (κ2) is 7.06. The van der Waals surface area contributed by atoms with Gasteiger partial charge in [0.05, 0.1) is 11.5 Å². The van der Waals surface area contributed by atoms with Crippen molar-refractivity contribution in [3.8, 4) is 0 Å². The van der Waals surface area contributed by atoms with Crippen LogP contribution in [0.25, 0.3) is 0 Å². The van der Waals surface area contributed by atoms with Crippen LogP contribution < -0.4 is 4.72 Å². The van der Waals surface area contributed by atoms with Crippen molar-refractivity contribution in [2.75, 3.05) is 4.72 Å². The summed E-state index contributed by atoms with van der Waals surface area (Å²) < 4.78 is 27.1. The van der Waals surface area contributed by atoms with Crippen molar-refractivity contribution >= 4 is 27.0 Å². The molecule has 0 bridgehead atoms. The fraction of sp³-hybridized carbons (Fsp3) is 0.333. The Kier molecular flexibility index (Phi) is 5.39. The molecule has 0 saturated heterocycles. The fourth-order valence-corrected chi connectivity index (χ4v) is 4.37. The smallest absolute Gasteiger partial charge is 0.263 e. The minimum atomic E-state index is -3.64. The first-order valence-corrected chi connectivity index (χ1v) is 9.22. The van der Waals surface area contributed by atoms with E-state index in [4.69, 9.17) is 0 Å². The average Bonchev–Trinajstić information content (AvgIpc) is 2.95. The number of anilines is 1. The van der Waals surface area contributed by atoms with Gasteiger partial charge in [-0.05, 0) is 42.0 Å². The average molecular weight is 325 g/mol. The predicted octanol–water partition coefficient (Wildman–Crippen LogP) is 3.38. The molecule has 0 fully saturated rings. The lowest BCUT2D eigenvalue weighted by molar-refractivity contribution is 0.282. The minimum Gasteiger partial charge on any atom is -0.391 e. The van der Waals surface area contributed by atoms with E-state index in [0.29, 0.717) is 10.6 Å². The molecule has 21 heavy (non-hydrogen) atoms. The van der Waals surface area contributed by atoms with E-state index in [1.54, 1.807) is 17.5 Å². The van der Waals surface area contributed by atoms with Gasteiger partial charge < -0.3 is 5.11 Å². The zero-order valence-electron chi connectivity index (χ0n) is 11.9. The Hall–Kier alpha value is -1.37. The SMILES string of the molecule is CCCCc1ccc(NS(=O)(=O)c2ccsc2CO)cc1. The van der Waals surface area contributed by atoms with Gasteiger partial charge in [0.1, 0.15) is 4.90 Å². The van der Waals surface area contributed by atoms with Crippen LogP contribution in [-0.4, -0.2) is 13.5 Å². The summed E-state index contributed by atoms with van der Waals surface area (Å²) in [6.45, 7) is 1.87. The van der Waals surface area contributed by atoms with Gasteiger partial charge in [0.25, 0.3) is 10.0 Å². The second-order valence-corrected chi connectivity index (χ2v) is 7.42. The molecule has 0 spiro atoms. The lowest BCUT2D eigenvalue weighted by atomic mass is 10.1. The molecule has 0 amide bonds. The summed E-state index contributed by atoms with van der Waals surface area (Å²) in [6.07, 6.45) is 3.26. The minimum absolute atomic E-state index is 0.144. The Bertz CT molecular complexity index is 675. The van der Waals surface area contributed by atoms with Gasteiger partial charge in [0.2, 0.25) is 0 Å². The highest BCUT2D eigenvalue weighted by Gasteiger charge is 2.19. The molecular weight excluding hydrogens is 306 g/mol. The number of aryl methyl sites for hydroxylation is 1. The monoisotopic (exact) mass is 325 g/mol. The summed E-state index contributed by atoms with van der Waals surface area (Å²) in [4.78, 5) is 0.590. The van der Waals surface area contributed by atoms with E-state index >= 15 is 0 Å². The van der Waals surface area contributed by atoms with Crippen LogP contribution in [0.15, 0.2) is 40.6 Å². The predicted molar refractivity (Wildman–Crippen MR) is 86.1 cm³/mol. The second-order valence-electron chi connectivity index (χ2n) is 4.77. The Morgan fingerprint density at radius 2 is 1.90 bits per heavy atom. The van der Waals surface area contributed by atoms with Gasteiger partial charge in [-0.25, -0.2) is 8.42 Å². The van der Waals surface area contributed by atoms with Gasteiger partial charge in [0.15, 0.2) is 0 Å². The van der Waals surface area contributed by atoms with Crippen LogP contribution in [0.2, 0.25) is 0 Å². The number of aliphatic hydroxyl groups is 1. The zero-order chi connectivity index (χ0) is 15.3. The summed E-state index contributed by atoms with van der Waals surface area (Å²) >= 11 is 1.23. The van der Waals surface area contributed by atoms with Gasteiger partial charge in [-0.3, -0.25) is 4.72 Å². The summed E-state index contributed by atoms with van der Waals surface area (Å²) in [5.41, 5.74) is 1.73. The molecule has 0 radical (unpaired) electrons. The Labute approximate surface area is 129 Å². The van der Waals surface area contributed by atoms with Crippen LogP contribution in [0, 0.1) is 0 Å². The highest BCUT2D eigenvalue weighted by molar-refractivity contribution is 7.93. The zero-order valence-corrected chi connectivity index (χ0v) is 13.5. The van der Waals surface area contributed by atoms with E-state index in [9.17, 15) is 13.5 Å². The fourth-order valence-electron chi connectivity index (χ4n) is 2.01. The third-order valence-electron chi connectivity index (χ3n) is 3.16. The molecule has 114 valence electrons. The van der Waals surface area contributed by atoms with Crippen molar-refractivity contribution in [3.63, 3.8) is 0 Å². The summed E-state index contributed by atoms with van der Waals surface area (Å²) in [5, 5.41) is 10.8. The molecule has 0 atom stereocenters. The molecule has 1 heterocycles. The number of nitrogens with one attached hydrogen (secondary N) is 1. The molecule has 0 aliphatic heterocycles. The van der Waals surface area contributed by atoms with Crippen molar-refractivity contribution in [1.82, 2.24) is 0 Å². The Morgan fingerprint density at radius 3 is 2.52 bits per heavy atom. The normalized spacial score (nSPS) is 11.5.